The normalized spacial score (nSPS) is 18.3. The minimum atomic E-state index is 0.780. The van der Waals surface area contributed by atoms with Crippen molar-refractivity contribution in [1.29, 1.82) is 0 Å². The van der Waals surface area contributed by atoms with E-state index in [0.29, 0.717) is 0 Å². The maximum absolute atomic E-state index is 5.63. The molecule has 2 rings (SSSR count). The topological polar surface area (TPSA) is 45.6 Å². The molecule has 4 nitrogen and oxygen atoms in total. The van der Waals surface area contributed by atoms with E-state index < -0.39 is 0 Å². The van der Waals surface area contributed by atoms with Gasteiger partial charge in [-0.1, -0.05) is 0 Å². The van der Waals surface area contributed by atoms with Crippen LogP contribution in [-0.2, 0) is 6.54 Å². The highest BCUT2D eigenvalue weighted by atomic mass is 16.3. The molecule has 0 radical (unpaired) electrons. The largest absolute Gasteiger partial charge is 0.465 e. The highest BCUT2D eigenvalue weighted by Gasteiger charge is 2.20. The first kappa shape index (κ1) is 14.6. The number of aryl methyl sites for hydroxylation is 1. The molecule has 0 unspecified atom stereocenters. The molecule has 19 heavy (non-hydrogen) atoms. The summed E-state index contributed by atoms with van der Waals surface area (Å²) in [5.74, 6) is 2.88. The van der Waals surface area contributed by atoms with Crippen molar-refractivity contribution in [3.05, 3.63) is 23.7 Å². The average molecular weight is 265 g/mol. The summed E-state index contributed by atoms with van der Waals surface area (Å²) >= 11 is 0. The maximum Gasteiger partial charge on any atom is 0.118 e. The van der Waals surface area contributed by atoms with Gasteiger partial charge in [-0.25, -0.2) is 0 Å². The quantitative estimate of drug-likeness (QED) is 0.850. The summed E-state index contributed by atoms with van der Waals surface area (Å²) in [6.07, 6.45) is 2.59. The minimum absolute atomic E-state index is 0.780. The van der Waals surface area contributed by atoms with Crippen molar-refractivity contribution in [2.24, 2.45) is 11.7 Å². The van der Waals surface area contributed by atoms with Crippen molar-refractivity contribution in [3.8, 4) is 0 Å². The molecule has 1 aromatic heterocycles. The molecule has 0 atom stereocenters. The Morgan fingerprint density at radius 2 is 2.11 bits per heavy atom. The Hall–Kier alpha value is -0.840. The van der Waals surface area contributed by atoms with Crippen LogP contribution in [0.15, 0.2) is 16.5 Å². The van der Waals surface area contributed by atoms with Gasteiger partial charge in [-0.2, -0.15) is 0 Å². The molecule has 1 saturated heterocycles. The number of likely N-dealkylation sites (tertiary alicyclic amines) is 1. The van der Waals surface area contributed by atoms with Crippen LogP contribution in [0.4, 0.5) is 0 Å². The predicted octanol–water partition coefficient (Wildman–Crippen LogP) is 1.69. The molecular weight excluding hydrogens is 238 g/mol. The fraction of sp³-hybridized carbons (Fsp3) is 0.733. The van der Waals surface area contributed by atoms with E-state index >= 15 is 0 Å². The second-order valence-corrected chi connectivity index (χ2v) is 5.78. The van der Waals surface area contributed by atoms with Crippen LogP contribution < -0.4 is 5.73 Å². The van der Waals surface area contributed by atoms with E-state index in [4.69, 9.17) is 10.2 Å². The van der Waals surface area contributed by atoms with E-state index in [1.54, 1.807) is 0 Å². The van der Waals surface area contributed by atoms with Gasteiger partial charge in [-0.3, -0.25) is 4.90 Å². The van der Waals surface area contributed by atoms with E-state index in [-0.39, 0.29) is 0 Å². The maximum atomic E-state index is 5.63. The Kier molecular flexibility index (Phi) is 5.43. The summed E-state index contributed by atoms with van der Waals surface area (Å²) in [5.41, 5.74) is 5.60. The fourth-order valence-corrected chi connectivity index (χ4v) is 2.92. The summed E-state index contributed by atoms with van der Waals surface area (Å²) in [7, 11) is 2.18. The van der Waals surface area contributed by atoms with Crippen molar-refractivity contribution in [2.75, 3.05) is 39.8 Å². The number of hydrogen-bond acceptors (Lipinski definition) is 4. The van der Waals surface area contributed by atoms with Gasteiger partial charge in [0.1, 0.15) is 11.5 Å². The van der Waals surface area contributed by atoms with Gasteiger partial charge in [-0.15, -0.1) is 0 Å². The van der Waals surface area contributed by atoms with E-state index in [2.05, 4.69) is 22.9 Å². The van der Waals surface area contributed by atoms with Crippen LogP contribution in [0.2, 0.25) is 0 Å². The molecule has 1 fully saturated rings. The van der Waals surface area contributed by atoms with Gasteiger partial charge in [-0.05, 0) is 58.0 Å². The lowest BCUT2D eigenvalue weighted by Gasteiger charge is -2.33. The van der Waals surface area contributed by atoms with Gasteiger partial charge < -0.3 is 15.1 Å². The molecule has 2 heterocycles. The van der Waals surface area contributed by atoms with Gasteiger partial charge in [0.05, 0.1) is 6.54 Å². The minimum Gasteiger partial charge on any atom is -0.465 e. The molecule has 0 bridgehead atoms. The smallest absolute Gasteiger partial charge is 0.118 e. The molecule has 0 amide bonds. The average Bonchev–Trinajstić information content (AvgIpc) is 2.77. The number of furan rings is 1. The summed E-state index contributed by atoms with van der Waals surface area (Å²) < 4.78 is 5.63. The van der Waals surface area contributed by atoms with E-state index in [1.807, 2.05) is 13.0 Å². The Labute approximate surface area is 116 Å². The lowest BCUT2D eigenvalue weighted by molar-refractivity contribution is 0.151. The van der Waals surface area contributed by atoms with Gasteiger partial charge in [0.25, 0.3) is 0 Å². The van der Waals surface area contributed by atoms with Gasteiger partial charge in [0.2, 0.25) is 0 Å². The van der Waals surface area contributed by atoms with Gasteiger partial charge in [0, 0.05) is 19.6 Å². The number of nitrogens with two attached hydrogens (primary N) is 1. The third-order valence-electron chi connectivity index (χ3n) is 3.94. The van der Waals surface area contributed by atoms with Crippen molar-refractivity contribution in [1.82, 2.24) is 9.80 Å². The Balaban J connectivity index is 1.70. The molecule has 1 aromatic rings. The highest BCUT2D eigenvalue weighted by molar-refractivity contribution is 5.05. The van der Waals surface area contributed by atoms with Crippen LogP contribution in [-0.4, -0.2) is 49.6 Å². The van der Waals surface area contributed by atoms with Crippen molar-refractivity contribution < 1.29 is 4.42 Å². The number of rotatable bonds is 6. The highest BCUT2D eigenvalue weighted by Crippen LogP contribution is 2.18. The number of piperidine rings is 1. The van der Waals surface area contributed by atoms with E-state index in [0.717, 1.165) is 43.6 Å². The third-order valence-corrected chi connectivity index (χ3v) is 3.94. The molecule has 0 saturated carbocycles. The molecule has 2 N–H and O–H groups in total. The summed E-state index contributed by atoms with van der Waals surface area (Å²) in [6, 6.07) is 4.12. The first-order chi connectivity index (χ1) is 9.17. The third kappa shape index (κ3) is 4.64. The SMILES string of the molecule is Cc1ccc(CN(C)CC2CCN(CCN)CC2)o1. The molecule has 0 aromatic carbocycles. The zero-order chi connectivity index (χ0) is 13.7. The predicted molar refractivity (Wildman–Crippen MR) is 78.0 cm³/mol. The van der Waals surface area contributed by atoms with E-state index in [9.17, 15) is 0 Å². The first-order valence-electron chi connectivity index (χ1n) is 7.33. The summed E-state index contributed by atoms with van der Waals surface area (Å²) in [6.45, 7) is 8.31. The van der Waals surface area contributed by atoms with Crippen molar-refractivity contribution in [3.63, 3.8) is 0 Å². The van der Waals surface area contributed by atoms with Crippen LogP contribution in [0.5, 0.6) is 0 Å². The fourth-order valence-electron chi connectivity index (χ4n) is 2.92. The van der Waals surface area contributed by atoms with Gasteiger partial charge in [0.15, 0.2) is 0 Å². The first-order valence-corrected chi connectivity index (χ1v) is 7.33. The Morgan fingerprint density at radius 1 is 1.37 bits per heavy atom. The van der Waals surface area contributed by atoms with Gasteiger partial charge >= 0.3 is 0 Å². The summed E-state index contributed by atoms with van der Waals surface area (Å²) in [5, 5.41) is 0. The van der Waals surface area contributed by atoms with E-state index in [1.165, 1.54) is 25.9 Å². The molecule has 1 aliphatic rings. The molecule has 0 aliphatic carbocycles. The molecule has 4 heteroatoms. The second kappa shape index (κ2) is 7.08. The lowest BCUT2D eigenvalue weighted by atomic mass is 9.96. The van der Waals surface area contributed by atoms with Crippen LogP contribution in [0.3, 0.4) is 0 Å². The molecule has 0 spiro atoms. The standard InChI is InChI=1S/C15H27N3O/c1-13-3-4-15(19-13)12-17(2)11-14-5-8-18(9-6-14)10-7-16/h3-4,14H,5-12,16H2,1-2H3. The molecule has 108 valence electrons. The Bertz CT molecular complexity index is 369. The Morgan fingerprint density at radius 3 is 2.68 bits per heavy atom. The van der Waals surface area contributed by atoms with Crippen LogP contribution in [0, 0.1) is 12.8 Å². The molecular formula is C15H27N3O. The molecule has 1 aliphatic heterocycles. The second-order valence-electron chi connectivity index (χ2n) is 5.78. The van der Waals surface area contributed by atoms with Crippen LogP contribution in [0.1, 0.15) is 24.4 Å². The van der Waals surface area contributed by atoms with Crippen molar-refractivity contribution in [2.45, 2.75) is 26.3 Å². The number of hydrogen-bond donors (Lipinski definition) is 1. The number of nitrogens with zero attached hydrogens (tertiary/aromatic N) is 2. The monoisotopic (exact) mass is 265 g/mol. The van der Waals surface area contributed by atoms with Crippen molar-refractivity contribution >= 4 is 0 Å². The summed E-state index contributed by atoms with van der Waals surface area (Å²) in [4.78, 5) is 4.86. The zero-order valence-corrected chi connectivity index (χ0v) is 12.3. The lowest BCUT2D eigenvalue weighted by Crippen LogP contribution is -2.39. The zero-order valence-electron chi connectivity index (χ0n) is 12.3. The van der Waals surface area contributed by atoms with Crippen LogP contribution >= 0.6 is 0 Å². The van der Waals surface area contributed by atoms with Crippen LogP contribution in [0.25, 0.3) is 0 Å².